The predicted molar refractivity (Wildman–Crippen MR) is 87.4 cm³/mol. The van der Waals surface area contributed by atoms with Crippen LogP contribution in [0.25, 0.3) is 0 Å². The normalized spacial score (nSPS) is 20.6. The Balaban J connectivity index is 2.16. The SMILES string of the molecule is O=C1N[C@@](SCCBr)(c2ccccc2)c2ccccc21. The largest absolute Gasteiger partial charge is 0.330 e. The summed E-state index contributed by atoms with van der Waals surface area (Å²) >= 11 is 5.23. The summed E-state index contributed by atoms with van der Waals surface area (Å²) in [4.78, 5) is 11.8. The number of thioether (sulfide) groups is 1. The molecule has 2 aromatic rings. The molecule has 0 spiro atoms. The molecule has 20 heavy (non-hydrogen) atoms. The fraction of sp³-hybridized carbons (Fsp3) is 0.188. The van der Waals surface area contributed by atoms with Gasteiger partial charge in [0.1, 0.15) is 4.87 Å². The predicted octanol–water partition coefficient (Wildman–Crippen LogP) is 3.76. The first-order valence-electron chi connectivity index (χ1n) is 6.45. The molecule has 1 aliphatic rings. The maximum Gasteiger partial charge on any atom is 0.253 e. The number of nitrogens with one attached hydrogen (secondary N) is 1. The summed E-state index contributed by atoms with van der Waals surface area (Å²) in [5.41, 5.74) is 2.95. The Morgan fingerprint density at radius 2 is 1.75 bits per heavy atom. The van der Waals surface area contributed by atoms with Crippen LogP contribution in [0.2, 0.25) is 0 Å². The van der Waals surface area contributed by atoms with Crippen molar-refractivity contribution < 1.29 is 4.79 Å². The average molecular weight is 348 g/mol. The van der Waals surface area contributed by atoms with Gasteiger partial charge in [-0.15, -0.1) is 11.8 Å². The van der Waals surface area contributed by atoms with Crippen LogP contribution in [0.1, 0.15) is 21.5 Å². The van der Waals surface area contributed by atoms with E-state index in [0.717, 1.165) is 27.8 Å². The van der Waals surface area contributed by atoms with Crippen molar-refractivity contribution in [2.45, 2.75) is 4.87 Å². The van der Waals surface area contributed by atoms with E-state index < -0.39 is 4.87 Å². The molecule has 0 saturated carbocycles. The fourth-order valence-electron chi connectivity index (χ4n) is 2.57. The number of carbonyl (C=O) groups excluding carboxylic acids is 1. The minimum atomic E-state index is -0.470. The lowest BCUT2D eigenvalue weighted by atomic mass is 9.98. The van der Waals surface area contributed by atoms with Crippen molar-refractivity contribution in [1.29, 1.82) is 0 Å². The monoisotopic (exact) mass is 347 g/mol. The molecule has 0 aromatic heterocycles. The standard InChI is InChI=1S/C16H14BrNOS/c17-10-11-20-16(12-6-2-1-3-7-12)14-9-5-4-8-13(14)15(19)18-16/h1-9H,10-11H2,(H,18,19)/t16-/m1/s1. The van der Waals surface area contributed by atoms with E-state index in [1.807, 2.05) is 42.5 Å². The summed E-state index contributed by atoms with van der Waals surface area (Å²) in [6.07, 6.45) is 0. The highest BCUT2D eigenvalue weighted by Gasteiger charge is 2.44. The highest BCUT2D eigenvalue weighted by atomic mass is 79.9. The van der Waals surface area contributed by atoms with Crippen molar-refractivity contribution in [3.05, 3.63) is 71.3 Å². The number of carbonyl (C=O) groups is 1. The van der Waals surface area contributed by atoms with Crippen molar-refractivity contribution in [3.8, 4) is 0 Å². The lowest BCUT2D eigenvalue weighted by Gasteiger charge is -2.30. The smallest absolute Gasteiger partial charge is 0.253 e. The van der Waals surface area contributed by atoms with E-state index in [1.54, 1.807) is 11.8 Å². The van der Waals surface area contributed by atoms with Gasteiger partial charge >= 0.3 is 0 Å². The third-order valence-corrected chi connectivity index (χ3v) is 5.74. The van der Waals surface area contributed by atoms with Crippen molar-refractivity contribution in [3.63, 3.8) is 0 Å². The Bertz CT molecular complexity index is 631. The molecule has 0 unspecified atom stereocenters. The minimum Gasteiger partial charge on any atom is -0.330 e. The zero-order valence-corrected chi connectivity index (χ0v) is 13.2. The van der Waals surface area contributed by atoms with Gasteiger partial charge in [0.05, 0.1) is 0 Å². The number of alkyl halides is 1. The van der Waals surface area contributed by atoms with Crippen LogP contribution in [0.5, 0.6) is 0 Å². The fourth-order valence-corrected chi connectivity index (χ4v) is 4.24. The summed E-state index contributed by atoms with van der Waals surface area (Å²) in [5, 5.41) is 4.08. The molecule has 4 heteroatoms. The van der Waals surface area contributed by atoms with E-state index in [2.05, 4.69) is 33.4 Å². The van der Waals surface area contributed by atoms with Gasteiger partial charge in [-0.25, -0.2) is 0 Å². The quantitative estimate of drug-likeness (QED) is 0.853. The summed E-state index contributed by atoms with van der Waals surface area (Å²) in [6, 6.07) is 18.0. The van der Waals surface area contributed by atoms with Crippen LogP contribution in [0, 0.1) is 0 Å². The van der Waals surface area contributed by atoms with Crippen molar-refractivity contribution >= 4 is 33.6 Å². The zero-order valence-electron chi connectivity index (χ0n) is 10.8. The summed E-state index contributed by atoms with van der Waals surface area (Å²) in [6.45, 7) is 0. The molecule has 1 atom stereocenters. The van der Waals surface area contributed by atoms with Gasteiger partial charge < -0.3 is 5.32 Å². The van der Waals surface area contributed by atoms with Gasteiger partial charge in [-0.05, 0) is 11.6 Å². The molecule has 2 aromatic carbocycles. The lowest BCUT2D eigenvalue weighted by molar-refractivity contribution is 0.0956. The van der Waals surface area contributed by atoms with E-state index in [9.17, 15) is 4.79 Å². The van der Waals surface area contributed by atoms with Crippen molar-refractivity contribution in [2.24, 2.45) is 0 Å². The minimum absolute atomic E-state index is 0.00604. The molecular weight excluding hydrogens is 334 g/mol. The Kier molecular flexibility index (Phi) is 3.85. The van der Waals surface area contributed by atoms with Crippen LogP contribution in [-0.2, 0) is 4.87 Å². The topological polar surface area (TPSA) is 29.1 Å². The molecule has 0 fully saturated rings. The highest BCUT2D eigenvalue weighted by Crippen LogP contribution is 2.45. The molecule has 0 radical (unpaired) electrons. The first-order valence-corrected chi connectivity index (χ1v) is 8.56. The molecule has 0 aliphatic carbocycles. The molecule has 1 N–H and O–H groups in total. The Labute approximate surface area is 131 Å². The maximum atomic E-state index is 12.3. The lowest BCUT2D eigenvalue weighted by Crippen LogP contribution is -2.37. The average Bonchev–Trinajstić information content (AvgIpc) is 2.80. The van der Waals surface area contributed by atoms with Gasteiger partial charge in [-0.1, -0.05) is 64.5 Å². The molecule has 1 amide bonds. The highest BCUT2D eigenvalue weighted by molar-refractivity contribution is 9.09. The van der Waals surface area contributed by atoms with Gasteiger partial charge in [0.15, 0.2) is 0 Å². The second-order valence-corrected chi connectivity index (χ2v) is 6.69. The summed E-state index contributed by atoms with van der Waals surface area (Å²) < 4.78 is 0. The van der Waals surface area contributed by atoms with Crippen LogP contribution in [0.15, 0.2) is 54.6 Å². The third-order valence-electron chi connectivity index (χ3n) is 3.42. The van der Waals surface area contributed by atoms with Gasteiger partial charge in [-0.3, -0.25) is 4.79 Å². The second-order valence-electron chi connectivity index (χ2n) is 4.58. The van der Waals surface area contributed by atoms with Crippen LogP contribution in [0.3, 0.4) is 0 Å². The number of rotatable bonds is 4. The zero-order chi connectivity index (χ0) is 14.0. The van der Waals surface area contributed by atoms with Crippen molar-refractivity contribution in [2.75, 3.05) is 11.1 Å². The Morgan fingerprint density at radius 3 is 2.50 bits per heavy atom. The van der Waals surface area contributed by atoms with Crippen LogP contribution in [0.4, 0.5) is 0 Å². The number of hydrogen-bond acceptors (Lipinski definition) is 2. The van der Waals surface area contributed by atoms with Crippen LogP contribution in [-0.4, -0.2) is 17.0 Å². The first kappa shape index (κ1) is 13.7. The van der Waals surface area contributed by atoms with Gasteiger partial charge in [0, 0.05) is 22.2 Å². The first-order chi connectivity index (χ1) is 9.78. The molecule has 102 valence electrons. The van der Waals surface area contributed by atoms with Gasteiger partial charge in [0.25, 0.3) is 5.91 Å². The molecule has 2 nitrogen and oxygen atoms in total. The molecule has 3 rings (SSSR count). The number of benzene rings is 2. The Morgan fingerprint density at radius 1 is 1.05 bits per heavy atom. The number of fused-ring (bicyclic) bond motifs is 1. The molecule has 0 bridgehead atoms. The number of amides is 1. The van der Waals surface area contributed by atoms with E-state index in [1.165, 1.54) is 0 Å². The van der Waals surface area contributed by atoms with E-state index in [-0.39, 0.29) is 5.91 Å². The second kappa shape index (κ2) is 5.62. The van der Waals surface area contributed by atoms with Crippen LogP contribution < -0.4 is 5.32 Å². The van der Waals surface area contributed by atoms with Crippen molar-refractivity contribution in [1.82, 2.24) is 5.32 Å². The number of halogens is 1. The third kappa shape index (κ3) is 2.17. The summed E-state index contributed by atoms with van der Waals surface area (Å²) in [7, 11) is 0. The van der Waals surface area contributed by atoms with Crippen LogP contribution >= 0.6 is 27.7 Å². The maximum absolute atomic E-state index is 12.3. The molecule has 0 saturated heterocycles. The number of hydrogen-bond donors (Lipinski definition) is 1. The molecular formula is C16H14BrNOS. The molecule has 1 aliphatic heterocycles. The Hall–Kier alpha value is -1.26. The van der Waals surface area contributed by atoms with Gasteiger partial charge in [0.2, 0.25) is 0 Å². The molecule has 1 heterocycles. The van der Waals surface area contributed by atoms with Gasteiger partial charge in [-0.2, -0.15) is 0 Å². The van der Waals surface area contributed by atoms with E-state index >= 15 is 0 Å². The van der Waals surface area contributed by atoms with E-state index in [0.29, 0.717) is 0 Å². The van der Waals surface area contributed by atoms with E-state index in [4.69, 9.17) is 0 Å². The summed E-state index contributed by atoms with van der Waals surface area (Å²) in [5.74, 6) is 0.926.